The summed E-state index contributed by atoms with van der Waals surface area (Å²) in [5.41, 5.74) is 0.246. The third-order valence-electron chi connectivity index (χ3n) is 5.98. The van der Waals surface area contributed by atoms with E-state index in [0.29, 0.717) is 39.2 Å². The van der Waals surface area contributed by atoms with Crippen LogP contribution in [0.15, 0.2) is 6.07 Å². The Hall–Kier alpha value is -0.600. The van der Waals surface area contributed by atoms with Crippen LogP contribution in [0.5, 0.6) is 0 Å². The Bertz CT molecular complexity index is 622. The van der Waals surface area contributed by atoms with Gasteiger partial charge in [-0.3, -0.25) is 0 Å². The highest BCUT2D eigenvalue weighted by atomic mass is 32.1. The summed E-state index contributed by atoms with van der Waals surface area (Å²) in [5.74, 6) is 0. The van der Waals surface area contributed by atoms with Crippen LogP contribution in [-0.4, -0.2) is 61.5 Å². The van der Waals surface area contributed by atoms with E-state index in [1.165, 1.54) is 21.8 Å². The number of β-amino-alcohol motifs (C(OH)–C–C–N with tert-alkyl or cyclic N) is 1. The Morgan fingerprint density at radius 1 is 1.15 bits per heavy atom. The number of fused-ring (bicyclic) bond motifs is 2. The molecule has 0 bridgehead atoms. The molecule has 2 fully saturated rings. The lowest BCUT2D eigenvalue weighted by molar-refractivity contribution is -0.117. The number of aliphatic hydroxyl groups is 1. The van der Waals surface area contributed by atoms with Gasteiger partial charge in [0.25, 0.3) is 0 Å². The molecule has 26 heavy (non-hydrogen) atoms. The van der Waals surface area contributed by atoms with Crippen molar-refractivity contribution in [1.82, 2.24) is 4.90 Å². The number of hydrogen-bond acceptors (Lipinski definition) is 5. The standard InChI is InChI=1S/C19H27F2NO3S/c20-16(21)12-15-11-14-1-8-25-19(17(14)26-15)2-6-22(7-3-19)13-18(23)4-9-24-10-5-18/h11,16,23H,1-10,12-13H2. The van der Waals surface area contributed by atoms with Gasteiger partial charge in [0.05, 0.1) is 12.2 Å². The van der Waals surface area contributed by atoms with Gasteiger partial charge in [-0.25, -0.2) is 8.78 Å². The van der Waals surface area contributed by atoms with Gasteiger partial charge >= 0.3 is 0 Å². The molecular weight excluding hydrogens is 360 g/mol. The molecule has 3 aliphatic rings. The maximum Gasteiger partial charge on any atom is 0.243 e. The van der Waals surface area contributed by atoms with Crippen LogP contribution in [0.2, 0.25) is 0 Å². The summed E-state index contributed by atoms with van der Waals surface area (Å²) < 4.78 is 37.1. The molecule has 0 unspecified atom stereocenters. The number of piperidine rings is 1. The molecular formula is C19H27F2NO3S. The summed E-state index contributed by atoms with van der Waals surface area (Å²) >= 11 is 1.52. The highest BCUT2D eigenvalue weighted by Gasteiger charge is 2.43. The Balaban J connectivity index is 1.43. The summed E-state index contributed by atoms with van der Waals surface area (Å²) in [5, 5.41) is 10.7. The fraction of sp³-hybridized carbons (Fsp3) is 0.789. The molecule has 0 aliphatic carbocycles. The van der Waals surface area contributed by atoms with Crippen molar-refractivity contribution in [3.63, 3.8) is 0 Å². The maximum absolute atomic E-state index is 12.8. The lowest BCUT2D eigenvalue weighted by atomic mass is 9.84. The third kappa shape index (κ3) is 3.83. The van der Waals surface area contributed by atoms with E-state index in [9.17, 15) is 13.9 Å². The molecule has 0 saturated carbocycles. The van der Waals surface area contributed by atoms with Crippen molar-refractivity contribution in [2.24, 2.45) is 0 Å². The predicted molar refractivity (Wildman–Crippen MR) is 96.0 cm³/mol. The molecule has 2 saturated heterocycles. The molecule has 1 N–H and O–H groups in total. The summed E-state index contributed by atoms with van der Waals surface area (Å²) in [4.78, 5) is 4.26. The lowest BCUT2D eigenvalue weighted by Gasteiger charge is -2.46. The molecule has 4 nitrogen and oxygen atoms in total. The predicted octanol–water partition coefficient (Wildman–Crippen LogP) is 2.96. The number of nitrogens with zero attached hydrogens (tertiary/aromatic N) is 1. The number of ether oxygens (including phenoxy) is 2. The average Bonchev–Trinajstić information content (AvgIpc) is 3.01. The zero-order valence-electron chi connectivity index (χ0n) is 15.0. The first-order chi connectivity index (χ1) is 12.5. The number of alkyl halides is 2. The second kappa shape index (κ2) is 7.43. The Labute approximate surface area is 157 Å². The minimum Gasteiger partial charge on any atom is -0.388 e. The van der Waals surface area contributed by atoms with E-state index in [0.717, 1.165) is 37.2 Å². The minimum atomic E-state index is -2.30. The molecule has 1 aromatic heterocycles. The highest BCUT2D eigenvalue weighted by molar-refractivity contribution is 7.12. The van der Waals surface area contributed by atoms with Crippen LogP contribution in [-0.2, 0) is 27.9 Å². The third-order valence-corrected chi connectivity index (χ3v) is 7.37. The summed E-state index contributed by atoms with van der Waals surface area (Å²) in [6.45, 7) is 4.33. The van der Waals surface area contributed by atoms with E-state index in [-0.39, 0.29) is 12.0 Å². The fourth-order valence-electron chi connectivity index (χ4n) is 4.50. The van der Waals surface area contributed by atoms with Crippen LogP contribution in [0.3, 0.4) is 0 Å². The molecule has 0 amide bonds. The molecule has 146 valence electrons. The van der Waals surface area contributed by atoms with Crippen molar-refractivity contribution < 1.29 is 23.4 Å². The lowest BCUT2D eigenvalue weighted by Crippen LogP contribution is -2.52. The Morgan fingerprint density at radius 3 is 2.58 bits per heavy atom. The van der Waals surface area contributed by atoms with E-state index in [1.54, 1.807) is 0 Å². The minimum absolute atomic E-state index is 0.158. The largest absolute Gasteiger partial charge is 0.388 e. The molecule has 7 heteroatoms. The van der Waals surface area contributed by atoms with Crippen molar-refractivity contribution in [1.29, 1.82) is 0 Å². The first kappa shape index (κ1) is 18.7. The van der Waals surface area contributed by atoms with E-state index in [2.05, 4.69) is 4.90 Å². The molecule has 0 radical (unpaired) electrons. The van der Waals surface area contributed by atoms with Crippen molar-refractivity contribution in [2.45, 2.75) is 56.2 Å². The van der Waals surface area contributed by atoms with Crippen molar-refractivity contribution in [3.8, 4) is 0 Å². The number of halogens is 2. The molecule has 1 spiro atoms. The van der Waals surface area contributed by atoms with Gasteiger partial charge in [-0.15, -0.1) is 11.3 Å². The van der Waals surface area contributed by atoms with Crippen molar-refractivity contribution in [2.75, 3.05) is 39.5 Å². The quantitative estimate of drug-likeness (QED) is 0.863. The van der Waals surface area contributed by atoms with Gasteiger partial charge in [-0.2, -0.15) is 0 Å². The van der Waals surface area contributed by atoms with Gasteiger partial charge < -0.3 is 19.5 Å². The van der Waals surface area contributed by atoms with Gasteiger partial charge in [0.2, 0.25) is 6.43 Å². The smallest absolute Gasteiger partial charge is 0.243 e. The van der Waals surface area contributed by atoms with E-state index in [4.69, 9.17) is 9.47 Å². The Kier molecular flexibility index (Phi) is 5.36. The van der Waals surface area contributed by atoms with Crippen LogP contribution in [0.1, 0.15) is 41.0 Å². The zero-order valence-corrected chi connectivity index (χ0v) is 15.8. The number of likely N-dealkylation sites (tertiary alicyclic amines) is 1. The van der Waals surface area contributed by atoms with Crippen LogP contribution < -0.4 is 0 Å². The van der Waals surface area contributed by atoms with Gasteiger partial charge in [0.1, 0.15) is 5.60 Å². The van der Waals surface area contributed by atoms with Crippen LogP contribution in [0.25, 0.3) is 0 Å². The fourth-order valence-corrected chi connectivity index (χ4v) is 5.92. The molecule has 4 heterocycles. The molecule has 4 rings (SSSR count). The van der Waals surface area contributed by atoms with E-state index >= 15 is 0 Å². The number of hydrogen-bond donors (Lipinski definition) is 1. The normalized spacial score (nSPS) is 25.5. The zero-order chi connectivity index (χ0) is 18.2. The molecule has 1 aromatic rings. The SMILES string of the molecule is OC1(CN2CCC3(CC2)OCCc2cc(CC(F)F)sc23)CCOCC1. The van der Waals surface area contributed by atoms with Gasteiger partial charge in [0.15, 0.2) is 0 Å². The summed E-state index contributed by atoms with van der Waals surface area (Å²) in [6.07, 6.45) is 1.47. The number of thiophene rings is 1. The molecule has 3 aliphatic heterocycles. The first-order valence-electron chi connectivity index (χ1n) is 9.55. The highest BCUT2D eigenvalue weighted by Crippen LogP contribution is 2.46. The molecule has 0 atom stereocenters. The Morgan fingerprint density at radius 2 is 1.88 bits per heavy atom. The first-order valence-corrected chi connectivity index (χ1v) is 10.4. The maximum atomic E-state index is 12.8. The summed E-state index contributed by atoms with van der Waals surface area (Å²) in [6, 6.07) is 1.97. The van der Waals surface area contributed by atoms with E-state index < -0.39 is 12.0 Å². The van der Waals surface area contributed by atoms with Gasteiger partial charge in [-0.1, -0.05) is 0 Å². The topological polar surface area (TPSA) is 41.9 Å². The number of rotatable bonds is 4. The van der Waals surface area contributed by atoms with Crippen molar-refractivity contribution in [3.05, 3.63) is 21.4 Å². The van der Waals surface area contributed by atoms with Crippen LogP contribution in [0, 0.1) is 0 Å². The molecule has 0 aromatic carbocycles. The monoisotopic (exact) mass is 387 g/mol. The van der Waals surface area contributed by atoms with Gasteiger partial charge in [0, 0.05) is 61.9 Å². The second-order valence-electron chi connectivity index (χ2n) is 7.87. The van der Waals surface area contributed by atoms with Crippen molar-refractivity contribution >= 4 is 11.3 Å². The second-order valence-corrected chi connectivity index (χ2v) is 9.00. The van der Waals surface area contributed by atoms with Gasteiger partial charge in [-0.05, 0) is 30.9 Å². The average molecular weight is 387 g/mol. The van der Waals surface area contributed by atoms with Crippen LogP contribution in [0.4, 0.5) is 8.78 Å². The summed E-state index contributed by atoms with van der Waals surface area (Å²) in [7, 11) is 0. The van der Waals surface area contributed by atoms with E-state index in [1.807, 2.05) is 6.07 Å². The van der Waals surface area contributed by atoms with Crippen LogP contribution >= 0.6 is 11.3 Å².